The summed E-state index contributed by atoms with van der Waals surface area (Å²) in [6.45, 7) is 3.80. The van der Waals surface area contributed by atoms with Crippen LogP contribution >= 0.6 is 0 Å². The van der Waals surface area contributed by atoms with Crippen molar-refractivity contribution in [3.8, 4) is 0 Å². The van der Waals surface area contributed by atoms with Crippen molar-refractivity contribution in [2.45, 2.75) is 84.5 Å². The van der Waals surface area contributed by atoms with Gasteiger partial charge in [0, 0.05) is 5.56 Å². The molecular weight excluding hydrogens is 312 g/mol. The second-order valence-corrected chi connectivity index (χ2v) is 7.26. The number of benzene rings is 1. The number of rotatable bonds is 14. The van der Waals surface area contributed by atoms with Gasteiger partial charge >= 0.3 is 5.97 Å². The Balaban J connectivity index is 2.32. The Morgan fingerprint density at radius 1 is 0.840 bits per heavy atom. The molecule has 0 aliphatic carbocycles. The molecule has 0 amide bonds. The summed E-state index contributed by atoms with van der Waals surface area (Å²) in [5, 5.41) is 9.59. The largest absolute Gasteiger partial charge is 0.480 e. The average Bonchev–Trinajstić information content (AvgIpc) is 2.63. The van der Waals surface area contributed by atoms with Crippen molar-refractivity contribution >= 4 is 11.8 Å². The molecule has 0 fully saturated rings. The van der Waals surface area contributed by atoms with Crippen LogP contribution in [0.15, 0.2) is 30.3 Å². The standard InChI is InChI=1S/C22H34O3/c1-3-4-5-6-7-8-9-10-11-15-18-22(2,21(24)25)20(23)19-16-13-12-14-17-19/h12-14,16-17H,3-11,15,18H2,1-2H3,(H,24,25). The fourth-order valence-corrected chi connectivity index (χ4v) is 3.19. The second-order valence-electron chi connectivity index (χ2n) is 7.26. The van der Waals surface area contributed by atoms with Crippen LogP contribution < -0.4 is 0 Å². The smallest absolute Gasteiger partial charge is 0.317 e. The molecule has 0 aliphatic heterocycles. The maximum Gasteiger partial charge on any atom is 0.317 e. The summed E-state index contributed by atoms with van der Waals surface area (Å²) in [4.78, 5) is 24.3. The lowest BCUT2D eigenvalue weighted by atomic mass is 9.78. The molecule has 3 heteroatoms. The zero-order valence-corrected chi connectivity index (χ0v) is 15.9. The number of carbonyl (C=O) groups excluding carboxylic acids is 1. The Morgan fingerprint density at radius 2 is 1.32 bits per heavy atom. The van der Waals surface area contributed by atoms with Crippen LogP contribution in [0.5, 0.6) is 0 Å². The predicted octanol–water partition coefficient (Wildman–Crippen LogP) is 6.27. The zero-order chi connectivity index (χ0) is 18.5. The number of aliphatic carboxylic acids is 1. The summed E-state index contributed by atoms with van der Waals surface area (Å²) in [6.07, 6.45) is 12.4. The molecule has 0 aliphatic rings. The lowest BCUT2D eigenvalue weighted by Crippen LogP contribution is -2.36. The molecule has 1 aromatic carbocycles. The number of hydrogen-bond acceptors (Lipinski definition) is 2. The van der Waals surface area contributed by atoms with E-state index in [-0.39, 0.29) is 5.78 Å². The normalized spacial score (nSPS) is 13.4. The van der Waals surface area contributed by atoms with E-state index in [1.807, 2.05) is 6.07 Å². The van der Waals surface area contributed by atoms with Gasteiger partial charge in [0.2, 0.25) is 0 Å². The molecular formula is C22H34O3. The molecule has 0 saturated heterocycles. The number of Topliss-reactive ketones (excluding diaryl/α,β-unsaturated/α-hetero) is 1. The van der Waals surface area contributed by atoms with Gasteiger partial charge in [-0.3, -0.25) is 9.59 Å². The van der Waals surface area contributed by atoms with Crippen LogP contribution in [0.25, 0.3) is 0 Å². The highest BCUT2D eigenvalue weighted by Crippen LogP contribution is 2.30. The van der Waals surface area contributed by atoms with E-state index in [4.69, 9.17) is 0 Å². The van der Waals surface area contributed by atoms with Crippen molar-refractivity contribution in [2.75, 3.05) is 0 Å². The van der Waals surface area contributed by atoms with Gasteiger partial charge < -0.3 is 5.11 Å². The average molecular weight is 347 g/mol. The van der Waals surface area contributed by atoms with Gasteiger partial charge in [-0.15, -0.1) is 0 Å². The topological polar surface area (TPSA) is 54.4 Å². The number of hydrogen-bond donors (Lipinski definition) is 1. The van der Waals surface area contributed by atoms with Crippen LogP contribution in [0.3, 0.4) is 0 Å². The second kappa shape index (κ2) is 11.8. The summed E-state index contributed by atoms with van der Waals surface area (Å²) >= 11 is 0. The number of unbranched alkanes of at least 4 members (excludes halogenated alkanes) is 9. The van der Waals surface area contributed by atoms with Gasteiger partial charge in [0.05, 0.1) is 0 Å². The number of carboxylic acids is 1. The Morgan fingerprint density at radius 3 is 1.80 bits per heavy atom. The first kappa shape index (κ1) is 21.4. The molecule has 1 N–H and O–H groups in total. The molecule has 0 heterocycles. The molecule has 1 rings (SSSR count). The fourth-order valence-electron chi connectivity index (χ4n) is 3.19. The van der Waals surface area contributed by atoms with Gasteiger partial charge in [-0.05, 0) is 13.3 Å². The van der Waals surface area contributed by atoms with Crippen LogP contribution in [0.2, 0.25) is 0 Å². The lowest BCUT2D eigenvalue weighted by Gasteiger charge is -2.23. The van der Waals surface area contributed by atoms with Crippen LogP contribution in [-0.2, 0) is 4.79 Å². The van der Waals surface area contributed by atoms with Gasteiger partial charge in [-0.1, -0.05) is 101 Å². The van der Waals surface area contributed by atoms with Gasteiger partial charge in [0.25, 0.3) is 0 Å². The highest BCUT2D eigenvalue weighted by atomic mass is 16.4. The van der Waals surface area contributed by atoms with E-state index in [9.17, 15) is 14.7 Å². The highest BCUT2D eigenvalue weighted by molar-refractivity contribution is 6.11. The number of carbonyl (C=O) groups is 2. The molecule has 140 valence electrons. The summed E-state index contributed by atoms with van der Waals surface area (Å²) < 4.78 is 0. The first-order valence-corrected chi connectivity index (χ1v) is 9.85. The maximum absolute atomic E-state index is 12.6. The van der Waals surface area contributed by atoms with Crippen LogP contribution in [0.4, 0.5) is 0 Å². The maximum atomic E-state index is 12.6. The molecule has 1 unspecified atom stereocenters. The lowest BCUT2D eigenvalue weighted by molar-refractivity contribution is -0.145. The fraction of sp³-hybridized carbons (Fsp3) is 0.636. The monoisotopic (exact) mass is 346 g/mol. The molecule has 0 saturated carbocycles. The van der Waals surface area contributed by atoms with Crippen LogP contribution in [0.1, 0.15) is 94.8 Å². The molecule has 1 atom stereocenters. The molecule has 0 bridgehead atoms. The highest BCUT2D eigenvalue weighted by Gasteiger charge is 2.40. The van der Waals surface area contributed by atoms with E-state index >= 15 is 0 Å². The molecule has 0 aromatic heterocycles. The van der Waals surface area contributed by atoms with Gasteiger partial charge in [0.15, 0.2) is 5.78 Å². The van der Waals surface area contributed by atoms with Crippen LogP contribution in [0, 0.1) is 5.41 Å². The summed E-state index contributed by atoms with van der Waals surface area (Å²) in [5.41, 5.74) is -0.832. The van der Waals surface area contributed by atoms with Gasteiger partial charge in [0.1, 0.15) is 5.41 Å². The Kier molecular flexibility index (Phi) is 10.1. The Bertz CT molecular complexity index is 509. The van der Waals surface area contributed by atoms with Crippen molar-refractivity contribution in [3.05, 3.63) is 35.9 Å². The van der Waals surface area contributed by atoms with E-state index < -0.39 is 11.4 Å². The third kappa shape index (κ3) is 7.41. The SMILES string of the molecule is CCCCCCCCCCCCC(C)(C(=O)O)C(=O)c1ccccc1. The van der Waals surface area contributed by atoms with E-state index in [2.05, 4.69) is 6.92 Å². The minimum atomic E-state index is -1.32. The van der Waals surface area contributed by atoms with E-state index in [0.29, 0.717) is 12.0 Å². The zero-order valence-electron chi connectivity index (χ0n) is 15.9. The minimum absolute atomic E-state index is 0.281. The van der Waals surface area contributed by atoms with Crippen molar-refractivity contribution in [1.82, 2.24) is 0 Å². The van der Waals surface area contributed by atoms with Gasteiger partial charge in [-0.25, -0.2) is 0 Å². The van der Waals surface area contributed by atoms with Crippen molar-refractivity contribution < 1.29 is 14.7 Å². The van der Waals surface area contributed by atoms with Gasteiger partial charge in [-0.2, -0.15) is 0 Å². The Hall–Kier alpha value is -1.64. The quantitative estimate of drug-likeness (QED) is 0.245. The molecule has 1 aromatic rings. The third-order valence-electron chi connectivity index (χ3n) is 5.04. The van der Waals surface area contributed by atoms with Crippen LogP contribution in [-0.4, -0.2) is 16.9 Å². The van der Waals surface area contributed by atoms with E-state index in [1.165, 1.54) is 44.9 Å². The first-order valence-electron chi connectivity index (χ1n) is 9.85. The molecule has 0 radical (unpaired) electrons. The first-order chi connectivity index (χ1) is 12.0. The summed E-state index contributed by atoms with van der Waals surface area (Å²) in [7, 11) is 0. The third-order valence-corrected chi connectivity index (χ3v) is 5.04. The minimum Gasteiger partial charge on any atom is -0.480 e. The molecule has 3 nitrogen and oxygen atoms in total. The molecule has 0 spiro atoms. The van der Waals surface area contributed by atoms with Crippen molar-refractivity contribution in [2.24, 2.45) is 5.41 Å². The van der Waals surface area contributed by atoms with Crippen molar-refractivity contribution in [3.63, 3.8) is 0 Å². The van der Waals surface area contributed by atoms with Crippen molar-refractivity contribution in [1.29, 1.82) is 0 Å². The summed E-state index contributed by atoms with van der Waals surface area (Å²) in [6, 6.07) is 8.77. The molecule has 25 heavy (non-hydrogen) atoms. The van der Waals surface area contributed by atoms with E-state index in [1.54, 1.807) is 31.2 Å². The predicted molar refractivity (Wildman–Crippen MR) is 103 cm³/mol. The Labute approximate surface area is 152 Å². The summed E-state index contributed by atoms with van der Waals surface area (Å²) in [5.74, 6) is -1.30. The number of ketones is 1. The van der Waals surface area contributed by atoms with E-state index in [0.717, 1.165) is 19.3 Å². The number of carboxylic acid groups (broad SMARTS) is 1.